The topological polar surface area (TPSA) is 123 Å². The normalized spacial score (nSPS) is 11.9. The van der Waals surface area contributed by atoms with Gasteiger partial charge in [-0.15, -0.1) is 0 Å². The molecule has 0 aliphatic carbocycles. The predicted molar refractivity (Wildman–Crippen MR) is 77.9 cm³/mol. The predicted octanol–water partition coefficient (Wildman–Crippen LogP) is 1.14. The summed E-state index contributed by atoms with van der Waals surface area (Å²) in [5.74, 6) is 0.0978. The maximum Gasteiger partial charge on any atom is 0.294 e. The Morgan fingerprint density at radius 1 is 1.05 bits per heavy atom. The molecule has 2 N–H and O–H groups in total. The number of nitrogens with one attached hydrogen (secondary N) is 1. The third-order valence-corrected chi connectivity index (χ3v) is 4.89. The number of hydrogen-bond donors (Lipinski definition) is 2. The number of hydrogen-bond acceptors (Lipinski definition) is 6. The Morgan fingerprint density at radius 3 is 2.18 bits per heavy atom. The van der Waals surface area contributed by atoms with Gasteiger partial charge >= 0.3 is 0 Å². The molecule has 0 bridgehead atoms. The minimum atomic E-state index is -4.38. The second kappa shape index (κ2) is 5.91. The van der Waals surface area contributed by atoms with Gasteiger partial charge in [-0.3, -0.25) is 9.27 Å². The van der Waals surface area contributed by atoms with Crippen molar-refractivity contribution in [1.82, 2.24) is 4.98 Å². The zero-order chi connectivity index (χ0) is 16.4. The van der Waals surface area contributed by atoms with Crippen LogP contribution in [0.5, 0.6) is 5.88 Å². The van der Waals surface area contributed by atoms with Crippen LogP contribution in [0.4, 0.5) is 5.69 Å². The van der Waals surface area contributed by atoms with Gasteiger partial charge in [0.2, 0.25) is 5.88 Å². The fraction of sp³-hybridized carbons (Fsp3) is 0.0833. The summed E-state index contributed by atoms with van der Waals surface area (Å²) in [6, 6.07) is 7.11. The van der Waals surface area contributed by atoms with Crippen LogP contribution in [0.15, 0.2) is 52.4 Å². The van der Waals surface area contributed by atoms with E-state index in [4.69, 9.17) is 9.29 Å². The smallest absolute Gasteiger partial charge is 0.294 e. The number of rotatable bonds is 5. The molecule has 0 saturated carbocycles. The van der Waals surface area contributed by atoms with Gasteiger partial charge in [0.05, 0.1) is 16.9 Å². The van der Waals surface area contributed by atoms with Gasteiger partial charge in [-0.1, -0.05) is 0 Å². The minimum Gasteiger partial charge on any atom is -0.480 e. The van der Waals surface area contributed by atoms with Crippen LogP contribution in [0.3, 0.4) is 0 Å². The maximum absolute atomic E-state index is 12.2. The molecule has 1 heterocycles. The zero-order valence-electron chi connectivity index (χ0n) is 11.3. The lowest BCUT2D eigenvalue weighted by Crippen LogP contribution is -2.14. The van der Waals surface area contributed by atoms with Crippen molar-refractivity contribution >= 4 is 25.8 Å². The highest BCUT2D eigenvalue weighted by molar-refractivity contribution is 7.92. The molecule has 0 amide bonds. The summed E-state index contributed by atoms with van der Waals surface area (Å²) in [5.41, 5.74) is 0.142. The molecule has 118 valence electrons. The first-order valence-corrected chi connectivity index (χ1v) is 8.76. The Bertz CT molecular complexity index is 876. The summed E-state index contributed by atoms with van der Waals surface area (Å²) in [7, 11) is -6.99. The van der Waals surface area contributed by atoms with Crippen molar-refractivity contribution < 1.29 is 26.1 Å². The lowest BCUT2D eigenvalue weighted by molar-refractivity contribution is 0.400. The van der Waals surface area contributed by atoms with E-state index in [9.17, 15) is 16.8 Å². The number of aromatic nitrogens is 1. The fourth-order valence-corrected chi connectivity index (χ4v) is 3.16. The zero-order valence-corrected chi connectivity index (χ0v) is 12.9. The third-order valence-electron chi connectivity index (χ3n) is 2.64. The highest BCUT2D eigenvalue weighted by Crippen LogP contribution is 2.24. The van der Waals surface area contributed by atoms with Crippen LogP contribution >= 0.6 is 0 Å². The van der Waals surface area contributed by atoms with Gasteiger partial charge in [0.25, 0.3) is 20.1 Å². The highest BCUT2D eigenvalue weighted by Gasteiger charge is 2.18. The van der Waals surface area contributed by atoms with Crippen LogP contribution in [-0.2, 0) is 20.1 Å². The average Bonchev–Trinajstić information content (AvgIpc) is 2.47. The van der Waals surface area contributed by atoms with Gasteiger partial charge in [-0.2, -0.15) is 8.42 Å². The summed E-state index contributed by atoms with van der Waals surface area (Å²) >= 11 is 0. The molecule has 1 aromatic carbocycles. The van der Waals surface area contributed by atoms with Crippen LogP contribution in [0, 0.1) is 0 Å². The number of anilines is 1. The van der Waals surface area contributed by atoms with Crippen LogP contribution in [0.25, 0.3) is 0 Å². The van der Waals surface area contributed by atoms with E-state index in [2.05, 4.69) is 9.71 Å². The summed E-state index contributed by atoms with van der Waals surface area (Å²) < 4.78 is 62.4. The molecular formula is C12H12N2O6S2. The van der Waals surface area contributed by atoms with E-state index in [1.54, 1.807) is 0 Å². The first kappa shape index (κ1) is 16.2. The van der Waals surface area contributed by atoms with Crippen molar-refractivity contribution in [2.75, 3.05) is 11.8 Å². The van der Waals surface area contributed by atoms with E-state index in [0.717, 1.165) is 24.3 Å². The lowest BCUT2D eigenvalue weighted by atomic mass is 10.4. The molecule has 0 spiro atoms. The van der Waals surface area contributed by atoms with Gasteiger partial charge in [0, 0.05) is 6.20 Å². The molecule has 0 fully saturated rings. The SMILES string of the molecule is COc1ncccc1NS(=O)(=O)c1ccc(S(=O)(=O)O)cc1. The van der Waals surface area contributed by atoms with E-state index < -0.39 is 25.0 Å². The maximum atomic E-state index is 12.2. The number of methoxy groups -OCH3 is 1. The van der Waals surface area contributed by atoms with Gasteiger partial charge in [-0.25, -0.2) is 13.4 Å². The first-order valence-electron chi connectivity index (χ1n) is 5.83. The van der Waals surface area contributed by atoms with Crippen LogP contribution in [0.1, 0.15) is 0 Å². The van der Waals surface area contributed by atoms with Crippen molar-refractivity contribution in [3.05, 3.63) is 42.6 Å². The van der Waals surface area contributed by atoms with E-state index in [1.165, 1.54) is 25.4 Å². The summed E-state index contributed by atoms with van der Waals surface area (Å²) in [5, 5.41) is 0. The average molecular weight is 344 g/mol. The van der Waals surface area contributed by atoms with Crippen LogP contribution in [0.2, 0.25) is 0 Å². The Hall–Kier alpha value is -2.17. The molecule has 0 aliphatic heterocycles. The Labute approximate surface area is 127 Å². The van der Waals surface area contributed by atoms with Crippen molar-refractivity contribution in [2.45, 2.75) is 9.79 Å². The Morgan fingerprint density at radius 2 is 1.64 bits per heavy atom. The van der Waals surface area contributed by atoms with Gasteiger partial charge in [0.1, 0.15) is 5.69 Å². The molecule has 0 saturated heterocycles. The molecule has 0 aliphatic rings. The molecule has 0 radical (unpaired) electrons. The summed E-state index contributed by atoms with van der Waals surface area (Å²) in [6.45, 7) is 0. The van der Waals surface area contributed by atoms with Crippen molar-refractivity contribution in [2.24, 2.45) is 0 Å². The molecular weight excluding hydrogens is 332 g/mol. The number of pyridine rings is 1. The Balaban J connectivity index is 2.35. The number of ether oxygens (including phenoxy) is 1. The second-order valence-corrected chi connectivity index (χ2v) is 7.22. The minimum absolute atomic E-state index is 0.0978. The number of benzene rings is 1. The quantitative estimate of drug-likeness (QED) is 0.780. The third kappa shape index (κ3) is 3.53. The van der Waals surface area contributed by atoms with Crippen molar-refractivity contribution in [3.63, 3.8) is 0 Å². The highest BCUT2D eigenvalue weighted by atomic mass is 32.2. The Kier molecular flexibility index (Phi) is 4.35. The van der Waals surface area contributed by atoms with Gasteiger partial charge < -0.3 is 4.74 Å². The van der Waals surface area contributed by atoms with Gasteiger partial charge in [-0.05, 0) is 36.4 Å². The molecule has 1 aromatic heterocycles. The van der Waals surface area contributed by atoms with Crippen LogP contribution in [-0.4, -0.2) is 33.5 Å². The molecule has 2 rings (SSSR count). The van der Waals surface area contributed by atoms with E-state index in [-0.39, 0.29) is 16.5 Å². The van der Waals surface area contributed by atoms with Crippen molar-refractivity contribution in [1.29, 1.82) is 0 Å². The number of nitrogens with zero attached hydrogens (tertiary/aromatic N) is 1. The molecule has 22 heavy (non-hydrogen) atoms. The largest absolute Gasteiger partial charge is 0.480 e. The monoisotopic (exact) mass is 344 g/mol. The summed E-state index contributed by atoms with van der Waals surface area (Å²) in [6.07, 6.45) is 1.44. The van der Waals surface area contributed by atoms with Crippen molar-refractivity contribution in [3.8, 4) is 5.88 Å². The standard InChI is InChI=1S/C12H12N2O6S2/c1-20-12-11(3-2-8-13-12)14-21(15,16)9-4-6-10(7-5-9)22(17,18)19/h2-8,14H,1H3,(H,17,18,19). The summed E-state index contributed by atoms with van der Waals surface area (Å²) in [4.78, 5) is 3.29. The fourth-order valence-electron chi connectivity index (χ4n) is 1.63. The molecule has 10 heteroatoms. The lowest BCUT2D eigenvalue weighted by Gasteiger charge is -2.10. The molecule has 8 nitrogen and oxygen atoms in total. The van der Waals surface area contributed by atoms with Gasteiger partial charge in [0.15, 0.2) is 0 Å². The molecule has 2 aromatic rings. The molecule has 0 atom stereocenters. The molecule has 0 unspecified atom stereocenters. The van der Waals surface area contributed by atoms with E-state index in [1.807, 2.05) is 0 Å². The first-order chi connectivity index (χ1) is 10.2. The second-order valence-electron chi connectivity index (χ2n) is 4.11. The van der Waals surface area contributed by atoms with E-state index in [0.29, 0.717) is 0 Å². The van der Waals surface area contributed by atoms with E-state index >= 15 is 0 Å². The van der Waals surface area contributed by atoms with Crippen LogP contribution < -0.4 is 9.46 Å². The number of sulfonamides is 1.